The molecule has 21 heavy (non-hydrogen) atoms. The van der Waals surface area contributed by atoms with E-state index in [1.807, 2.05) is 16.7 Å². The van der Waals surface area contributed by atoms with Gasteiger partial charge in [0, 0.05) is 13.1 Å². The summed E-state index contributed by atoms with van der Waals surface area (Å²) in [4.78, 5) is 29.5. The van der Waals surface area contributed by atoms with Crippen LogP contribution in [0.5, 0.6) is 0 Å². The van der Waals surface area contributed by atoms with Gasteiger partial charge in [-0.25, -0.2) is 0 Å². The highest BCUT2D eigenvalue weighted by molar-refractivity contribution is 5.97. The number of carbonyl (C=O) groups excluding carboxylic acids is 2. The standard InChI is InChI=1S/C17H28N2O2/c1-3-13-15(20)18-11-7-4-8-14(18)16(21)19(13)12-17(2)9-5-6-10-17/h13-14H,3-12H2,1-2H3. The van der Waals surface area contributed by atoms with E-state index in [9.17, 15) is 9.59 Å². The third-order valence-electron chi connectivity index (χ3n) is 5.76. The molecule has 2 aliphatic heterocycles. The van der Waals surface area contributed by atoms with Crippen LogP contribution in [0.25, 0.3) is 0 Å². The van der Waals surface area contributed by atoms with Gasteiger partial charge >= 0.3 is 0 Å². The van der Waals surface area contributed by atoms with Gasteiger partial charge in [-0.3, -0.25) is 9.59 Å². The third-order valence-corrected chi connectivity index (χ3v) is 5.76. The molecule has 118 valence electrons. The van der Waals surface area contributed by atoms with Gasteiger partial charge in [-0.05, 0) is 43.9 Å². The minimum Gasteiger partial charge on any atom is -0.329 e. The van der Waals surface area contributed by atoms with Crippen LogP contribution in [0, 0.1) is 5.41 Å². The largest absolute Gasteiger partial charge is 0.329 e. The van der Waals surface area contributed by atoms with Gasteiger partial charge in [-0.15, -0.1) is 0 Å². The van der Waals surface area contributed by atoms with Gasteiger partial charge in [0.05, 0.1) is 0 Å². The zero-order chi connectivity index (χ0) is 15.0. The van der Waals surface area contributed by atoms with E-state index in [0.717, 1.165) is 38.8 Å². The third kappa shape index (κ3) is 2.58. The van der Waals surface area contributed by atoms with E-state index in [-0.39, 0.29) is 29.3 Å². The van der Waals surface area contributed by atoms with Crippen molar-refractivity contribution in [2.24, 2.45) is 5.41 Å². The Kier molecular flexibility index (Phi) is 3.98. The molecule has 0 aromatic heterocycles. The number of piperazine rings is 1. The van der Waals surface area contributed by atoms with Gasteiger partial charge in [0.15, 0.2) is 0 Å². The summed E-state index contributed by atoms with van der Waals surface area (Å²) >= 11 is 0. The van der Waals surface area contributed by atoms with E-state index in [1.54, 1.807) is 0 Å². The fourth-order valence-electron chi connectivity index (χ4n) is 4.50. The van der Waals surface area contributed by atoms with Crippen molar-refractivity contribution in [3.8, 4) is 0 Å². The molecule has 2 saturated heterocycles. The van der Waals surface area contributed by atoms with Crippen LogP contribution >= 0.6 is 0 Å². The molecule has 2 amide bonds. The maximum atomic E-state index is 12.9. The Bertz CT molecular complexity index is 429. The van der Waals surface area contributed by atoms with Crippen molar-refractivity contribution in [1.29, 1.82) is 0 Å². The monoisotopic (exact) mass is 292 g/mol. The molecule has 4 nitrogen and oxygen atoms in total. The molecule has 0 aromatic carbocycles. The fourth-order valence-corrected chi connectivity index (χ4v) is 4.50. The summed E-state index contributed by atoms with van der Waals surface area (Å²) in [5.74, 6) is 0.415. The number of hydrogen-bond acceptors (Lipinski definition) is 2. The quantitative estimate of drug-likeness (QED) is 0.802. The molecular formula is C17H28N2O2. The molecule has 4 heteroatoms. The van der Waals surface area contributed by atoms with Gasteiger partial charge < -0.3 is 9.80 Å². The first-order chi connectivity index (χ1) is 10.1. The molecule has 2 heterocycles. The fraction of sp³-hybridized carbons (Fsp3) is 0.882. The van der Waals surface area contributed by atoms with Crippen LogP contribution < -0.4 is 0 Å². The number of nitrogens with zero attached hydrogens (tertiary/aromatic N) is 2. The number of fused-ring (bicyclic) bond motifs is 1. The second kappa shape index (κ2) is 5.62. The van der Waals surface area contributed by atoms with Crippen LogP contribution in [0.1, 0.15) is 65.2 Å². The summed E-state index contributed by atoms with van der Waals surface area (Å²) in [7, 11) is 0. The first-order valence-corrected chi connectivity index (χ1v) is 8.67. The highest BCUT2D eigenvalue weighted by atomic mass is 16.2. The van der Waals surface area contributed by atoms with E-state index in [4.69, 9.17) is 0 Å². The second-order valence-electron chi connectivity index (χ2n) is 7.45. The Labute approximate surface area is 127 Å². The average molecular weight is 292 g/mol. The number of hydrogen-bond donors (Lipinski definition) is 0. The maximum Gasteiger partial charge on any atom is 0.246 e. The Balaban J connectivity index is 1.83. The smallest absolute Gasteiger partial charge is 0.246 e. The number of amides is 2. The lowest BCUT2D eigenvalue weighted by molar-refractivity contribution is -0.165. The second-order valence-corrected chi connectivity index (χ2v) is 7.45. The van der Waals surface area contributed by atoms with Crippen molar-refractivity contribution in [1.82, 2.24) is 9.80 Å². The van der Waals surface area contributed by atoms with E-state index in [0.29, 0.717) is 0 Å². The molecular weight excluding hydrogens is 264 g/mol. The SMILES string of the molecule is CCC1C(=O)N2CCCCC2C(=O)N1CC1(C)CCCC1. The Hall–Kier alpha value is -1.06. The Morgan fingerprint density at radius 2 is 1.81 bits per heavy atom. The molecule has 0 spiro atoms. The predicted molar refractivity (Wildman–Crippen MR) is 81.7 cm³/mol. The molecule has 3 fully saturated rings. The molecule has 0 N–H and O–H groups in total. The zero-order valence-corrected chi connectivity index (χ0v) is 13.4. The predicted octanol–water partition coefficient (Wildman–Crippen LogP) is 2.57. The van der Waals surface area contributed by atoms with Crippen molar-refractivity contribution < 1.29 is 9.59 Å². The van der Waals surface area contributed by atoms with Crippen LogP contribution in [-0.4, -0.2) is 46.8 Å². The number of rotatable bonds is 3. The highest BCUT2D eigenvalue weighted by Gasteiger charge is 2.47. The minimum atomic E-state index is -0.218. The summed E-state index contributed by atoms with van der Waals surface area (Å²) in [5.41, 5.74) is 0.222. The summed E-state index contributed by atoms with van der Waals surface area (Å²) in [6.45, 7) is 5.87. The topological polar surface area (TPSA) is 40.6 Å². The van der Waals surface area contributed by atoms with E-state index in [1.165, 1.54) is 25.7 Å². The molecule has 1 saturated carbocycles. The van der Waals surface area contributed by atoms with Crippen molar-refractivity contribution in [3.63, 3.8) is 0 Å². The number of piperidine rings is 1. The van der Waals surface area contributed by atoms with Crippen LogP contribution in [-0.2, 0) is 9.59 Å². The zero-order valence-electron chi connectivity index (χ0n) is 13.4. The van der Waals surface area contributed by atoms with Crippen molar-refractivity contribution in [3.05, 3.63) is 0 Å². The molecule has 0 radical (unpaired) electrons. The average Bonchev–Trinajstić information content (AvgIpc) is 2.92. The van der Waals surface area contributed by atoms with Crippen LogP contribution in [0.2, 0.25) is 0 Å². The van der Waals surface area contributed by atoms with Crippen LogP contribution in [0.3, 0.4) is 0 Å². The summed E-state index contributed by atoms with van der Waals surface area (Å²) in [6.07, 6.45) is 8.62. The molecule has 3 rings (SSSR count). The lowest BCUT2D eigenvalue weighted by Gasteiger charge is -2.48. The number of carbonyl (C=O) groups is 2. The summed E-state index contributed by atoms with van der Waals surface area (Å²) in [5, 5.41) is 0. The summed E-state index contributed by atoms with van der Waals surface area (Å²) in [6, 6.07) is -0.386. The van der Waals surface area contributed by atoms with Gasteiger partial charge in [0.1, 0.15) is 12.1 Å². The first-order valence-electron chi connectivity index (χ1n) is 8.67. The molecule has 0 aromatic rings. The van der Waals surface area contributed by atoms with Gasteiger partial charge in [0.2, 0.25) is 11.8 Å². The Morgan fingerprint density at radius 3 is 2.48 bits per heavy atom. The maximum absolute atomic E-state index is 12.9. The van der Waals surface area contributed by atoms with Gasteiger partial charge in [-0.2, -0.15) is 0 Å². The molecule has 2 unspecified atom stereocenters. The highest BCUT2D eigenvalue weighted by Crippen LogP contribution is 2.40. The van der Waals surface area contributed by atoms with E-state index >= 15 is 0 Å². The molecule has 0 bridgehead atoms. The van der Waals surface area contributed by atoms with Gasteiger partial charge in [0.25, 0.3) is 0 Å². The normalized spacial score (nSPS) is 32.5. The van der Waals surface area contributed by atoms with Crippen molar-refractivity contribution in [2.45, 2.75) is 77.3 Å². The lowest BCUT2D eigenvalue weighted by Crippen LogP contribution is -2.66. The van der Waals surface area contributed by atoms with Crippen molar-refractivity contribution in [2.75, 3.05) is 13.1 Å². The van der Waals surface area contributed by atoms with E-state index < -0.39 is 0 Å². The Morgan fingerprint density at radius 1 is 1.10 bits per heavy atom. The van der Waals surface area contributed by atoms with Gasteiger partial charge in [-0.1, -0.05) is 26.7 Å². The molecule has 2 atom stereocenters. The van der Waals surface area contributed by atoms with Crippen molar-refractivity contribution >= 4 is 11.8 Å². The van der Waals surface area contributed by atoms with E-state index in [2.05, 4.69) is 6.92 Å². The van der Waals surface area contributed by atoms with Crippen LogP contribution in [0.15, 0.2) is 0 Å². The first kappa shape index (κ1) is 14.9. The lowest BCUT2D eigenvalue weighted by atomic mass is 9.85. The summed E-state index contributed by atoms with van der Waals surface area (Å²) < 4.78 is 0. The van der Waals surface area contributed by atoms with Crippen LogP contribution in [0.4, 0.5) is 0 Å². The molecule has 3 aliphatic rings. The molecule has 1 aliphatic carbocycles. The minimum absolute atomic E-state index is 0.168.